The maximum absolute atomic E-state index is 12.1. The highest BCUT2D eigenvalue weighted by atomic mass is 32.2. The van der Waals surface area contributed by atoms with E-state index in [2.05, 4.69) is 29.0 Å². The molecule has 0 saturated carbocycles. The van der Waals surface area contributed by atoms with Crippen molar-refractivity contribution in [1.29, 1.82) is 0 Å². The van der Waals surface area contributed by atoms with E-state index in [9.17, 15) is 4.79 Å². The van der Waals surface area contributed by atoms with Crippen LogP contribution in [0.25, 0.3) is 11.4 Å². The highest BCUT2D eigenvalue weighted by Gasteiger charge is 2.17. The van der Waals surface area contributed by atoms with Crippen LogP contribution in [0.5, 0.6) is 5.75 Å². The number of para-hydroxylation sites is 1. The van der Waals surface area contributed by atoms with Crippen molar-refractivity contribution in [1.82, 2.24) is 20.1 Å². The largest absolute Gasteiger partial charge is 0.496 e. The van der Waals surface area contributed by atoms with Crippen molar-refractivity contribution in [2.24, 2.45) is 0 Å². The second-order valence-corrected chi connectivity index (χ2v) is 6.89. The van der Waals surface area contributed by atoms with E-state index in [1.54, 1.807) is 13.2 Å². The molecule has 0 spiro atoms. The van der Waals surface area contributed by atoms with Gasteiger partial charge in [0.15, 0.2) is 11.0 Å². The molecule has 1 atom stereocenters. The first-order valence-electron chi connectivity index (χ1n) is 8.70. The van der Waals surface area contributed by atoms with Gasteiger partial charge >= 0.3 is 0 Å². The smallest absolute Gasteiger partial charge is 0.230 e. The molecular weight excluding hydrogens is 348 g/mol. The van der Waals surface area contributed by atoms with Gasteiger partial charge in [0, 0.05) is 12.6 Å². The zero-order valence-corrected chi connectivity index (χ0v) is 16.4. The minimum Gasteiger partial charge on any atom is -0.496 e. The van der Waals surface area contributed by atoms with Gasteiger partial charge in [-0.05, 0) is 25.5 Å². The monoisotopic (exact) mass is 374 g/mol. The molecule has 140 valence electrons. The number of thioether (sulfide) groups is 1. The van der Waals surface area contributed by atoms with Crippen LogP contribution in [0.1, 0.15) is 26.7 Å². The Kier molecular flexibility index (Phi) is 7.72. The summed E-state index contributed by atoms with van der Waals surface area (Å²) in [5.41, 5.74) is 0.859. The van der Waals surface area contributed by atoms with Crippen LogP contribution in [0.2, 0.25) is 0 Å². The quantitative estimate of drug-likeness (QED) is 0.509. The standard InChI is InChI=1S/C19H26N4O2S/c1-5-9-14(3)20-17(24)13-26-19-22-21-18(23(19)12-6-2)15-10-7-8-11-16(15)25-4/h6-8,10-11,14H,2,5,9,12-13H2,1,3-4H3,(H,20,24)/t14-/m0/s1. The summed E-state index contributed by atoms with van der Waals surface area (Å²) in [5.74, 6) is 1.73. The maximum atomic E-state index is 12.1. The molecule has 1 N–H and O–H groups in total. The summed E-state index contributed by atoms with van der Waals surface area (Å²) < 4.78 is 7.37. The highest BCUT2D eigenvalue weighted by molar-refractivity contribution is 7.99. The van der Waals surface area contributed by atoms with Crippen LogP contribution in [0.4, 0.5) is 0 Å². The van der Waals surface area contributed by atoms with Crippen molar-refractivity contribution in [3.8, 4) is 17.1 Å². The minimum atomic E-state index is 0.00273. The van der Waals surface area contributed by atoms with E-state index >= 15 is 0 Å². The Balaban J connectivity index is 2.16. The van der Waals surface area contributed by atoms with E-state index in [-0.39, 0.29) is 11.9 Å². The van der Waals surface area contributed by atoms with Gasteiger partial charge in [-0.25, -0.2) is 0 Å². The fourth-order valence-corrected chi connectivity index (χ4v) is 3.43. The van der Waals surface area contributed by atoms with E-state index in [0.29, 0.717) is 23.3 Å². The van der Waals surface area contributed by atoms with Gasteiger partial charge in [0.05, 0.1) is 18.4 Å². The molecule has 2 rings (SSSR count). The Morgan fingerprint density at radius 1 is 1.42 bits per heavy atom. The summed E-state index contributed by atoms with van der Waals surface area (Å²) in [4.78, 5) is 12.1. The van der Waals surface area contributed by atoms with Gasteiger partial charge in [0.25, 0.3) is 0 Å². The summed E-state index contributed by atoms with van der Waals surface area (Å²) in [6, 6.07) is 7.85. The number of nitrogens with zero attached hydrogens (tertiary/aromatic N) is 3. The zero-order chi connectivity index (χ0) is 18.9. The van der Waals surface area contributed by atoms with Crippen LogP contribution in [0.15, 0.2) is 42.1 Å². The number of methoxy groups -OCH3 is 1. The first-order valence-corrected chi connectivity index (χ1v) is 9.68. The first kappa shape index (κ1) is 20.0. The van der Waals surface area contributed by atoms with Crippen molar-refractivity contribution < 1.29 is 9.53 Å². The molecule has 2 aromatic rings. The zero-order valence-electron chi connectivity index (χ0n) is 15.6. The summed E-state index contributed by atoms with van der Waals surface area (Å²) in [7, 11) is 1.63. The molecule has 1 amide bonds. The lowest BCUT2D eigenvalue weighted by Gasteiger charge is -2.13. The lowest BCUT2D eigenvalue weighted by Crippen LogP contribution is -2.33. The lowest BCUT2D eigenvalue weighted by molar-refractivity contribution is -0.119. The molecule has 1 heterocycles. The predicted octanol–water partition coefficient (Wildman–Crippen LogP) is 3.54. The molecule has 7 heteroatoms. The Bertz CT molecular complexity index is 745. The van der Waals surface area contributed by atoms with Gasteiger partial charge in [-0.1, -0.05) is 43.3 Å². The normalized spacial score (nSPS) is 11.8. The van der Waals surface area contributed by atoms with Crippen LogP contribution in [-0.2, 0) is 11.3 Å². The molecule has 1 aromatic carbocycles. The fraction of sp³-hybridized carbons (Fsp3) is 0.421. The molecule has 1 aromatic heterocycles. The molecule has 26 heavy (non-hydrogen) atoms. The van der Waals surface area contributed by atoms with Crippen LogP contribution in [0, 0.1) is 0 Å². The Morgan fingerprint density at radius 2 is 2.19 bits per heavy atom. The fourth-order valence-electron chi connectivity index (χ4n) is 2.67. The van der Waals surface area contributed by atoms with Crippen molar-refractivity contribution in [2.75, 3.05) is 12.9 Å². The number of benzene rings is 1. The molecule has 0 aliphatic carbocycles. The molecule has 0 bridgehead atoms. The van der Waals surface area contributed by atoms with Crippen molar-refractivity contribution in [2.45, 2.75) is 44.4 Å². The number of carbonyl (C=O) groups is 1. The number of hydrogen-bond donors (Lipinski definition) is 1. The third-order valence-corrected chi connectivity index (χ3v) is 4.80. The third-order valence-electron chi connectivity index (χ3n) is 3.84. The number of carbonyl (C=O) groups excluding carboxylic acids is 1. The van der Waals surface area contributed by atoms with Gasteiger partial charge in [0.2, 0.25) is 5.91 Å². The van der Waals surface area contributed by atoms with Crippen molar-refractivity contribution in [3.05, 3.63) is 36.9 Å². The number of amides is 1. The number of nitrogens with one attached hydrogen (secondary N) is 1. The molecule has 0 fully saturated rings. The first-order chi connectivity index (χ1) is 12.6. The van der Waals surface area contributed by atoms with E-state index in [1.165, 1.54) is 11.8 Å². The van der Waals surface area contributed by atoms with Gasteiger partial charge in [-0.2, -0.15) is 0 Å². The number of allylic oxidation sites excluding steroid dienone is 1. The Labute approximate surface area is 159 Å². The molecular formula is C19H26N4O2S. The van der Waals surface area contributed by atoms with Gasteiger partial charge in [-0.15, -0.1) is 16.8 Å². The van der Waals surface area contributed by atoms with Gasteiger partial charge < -0.3 is 10.1 Å². The Morgan fingerprint density at radius 3 is 2.88 bits per heavy atom. The average molecular weight is 375 g/mol. The highest BCUT2D eigenvalue weighted by Crippen LogP contribution is 2.30. The molecule has 0 unspecified atom stereocenters. The van der Waals surface area contributed by atoms with Gasteiger partial charge in [0.1, 0.15) is 5.75 Å². The summed E-state index contributed by atoms with van der Waals surface area (Å²) in [5, 5.41) is 12.3. The lowest BCUT2D eigenvalue weighted by atomic mass is 10.2. The van der Waals surface area contributed by atoms with E-state index in [1.807, 2.05) is 35.8 Å². The maximum Gasteiger partial charge on any atom is 0.230 e. The molecule has 6 nitrogen and oxygen atoms in total. The van der Waals surface area contributed by atoms with E-state index in [0.717, 1.165) is 24.2 Å². The summed E-state index contributed by atoms with van der Waals surface area (Å²) in [6.45, 7) is 8.49. The topological polar surface area (TPSA) is 69.0 Å². The average Bonchev–Trinajstić information content (AvgIpc) is 3.03. The van der Waals surface area contributed by atoms with Crippen LogP contribution in [-0.4, -0.2) is 39.6 Å². The number of ether oxygens (including phenoxy) is 1. The molecule has 0 aliphatic rings. The summed E-state index contributed by atoms with van der Waals surface area (Å²) in [6.07, 6.45) is 3.81. The number of hydrogen-bond acceptors (Lipinski definition) is 5. The number of aromatic nitrogens is 3. The second-order valence-electron chi connectivity index (χ2n) is 5.95. The molecule has 0 saturated heterocycles. The van der Waals surface area contributed by atoms with Crippen molar-refractivity contribution in [3.63, 3.8) is 0 Å². The van der Waals surface area contributed by atoms with Crippen molar-refractivity contribution >= 4 is 17.7 Å². The SMILES string of the molecule is C=CCn1c(SCC(=O)N[C@@H](C)CCC)nnc1-c1ccccc1OC. The van der Waals surface area contributed by atoms with E-state index in [4.69, 9.17) is 4.74 Å². The minimum absolute atomic E-state index is 0.00273. The third kappa shape index (κ3) is 5.11. The van der Waals surface area contributed by atoms with Crippen LogP contribution in [0.3, 0.4) is 0 Å². The molecule has 0 aliphatic heterocycles. The Hall–Kier alpha value is -2.28. The van der Waals surface area contributed by atoms with Crippen LogP contribution >= 0.6 is 11.8 Å². The van der Waals surface area contributed by atoms with Gasteiger partial charge in [-0.3, -0.25) is 9.36 Å². The molecule has 0 radical (unpaired) electrons. The second kappa shape index (κ2) is 10.0. The predicted molar refractivity (Wildman–Crippen MR) is 105 cm³/mol. The number of rotatable bonds is 10. The summed E-state index contributed by atoms with van der Waals surface area (Å²) >= 11 is 1.37. The van der Waals surface area contributed by atoms with E-state index < -0.39 is 0 Å². The van der Waals surface area contributed by atoms with Crippen LogP contribution < -0.4 is 10.1 Å².